The van der Waals surface area contributed by atoms with Gasteiger partial charge in [0.25, 0.3) is 5.91 Å². The summed E-state index contributed by atoms with van der Waals surface area (Å²) in [7, 11) is 1.60. The molecular formula is C44H57N5O6. The number of aryl methyl sites for hydroxylation is 1. The Morgan fingerprint density at radius 2 is 1.51 bits per heavy atom. The molecule has 1 aliphatic heterocycles. The highest BCUT2D eigenvalue weighted by atomic mass is 16.5. The van der Waals surface area contributed by atoms with Gasteiger partial charge in [-0.15, -0.1) is 0 Å². The number of nitriles is 1. The molecular weight excluding hydrogens is 695 g/mol. The third-order valence-electron chi connectivity index (χ3n) is 10.0. The Kier molecular flexibility index (Phi) is 16.9. The second kappa shape index (κ2) is 21.7. The Hall–Kier alpha value is -5.05. The Labute approximate surface area is 325 Å². The molecule has 3 aromatic carbocycles. The second-order valence-corrected chi connectivity index (χ2v) is 14.4. The summed E-state index contributed by atoms with van der Waals surface area (Å²) < 4.78 is 12.2. The number of Topliss-reactive ketones (excluding diaryl/α,β-unsaturated/α-hetero) is 2. The number of ketones is 2. The lowest BCUT2D eigenvalue weighted by atomic mass is 9.89. The van der Waals surface area contributed by atoms with Gasteiger partial charge in [0.05, 0.1) is 12.1 Å². The summed E-state index contributed by atoms with van der Waals surface area (Å²) >= 11 is 0. The van der Waals surface area contributed by atoms with Gasteiger partial charge >= 0.3 is 0 Å². The number of rotatable bonds is 18. The fourth-order valence-corrected chi connectivity index (χ4v) is 6.96. The van der Waals surface area contributed by atoms with Gasteiger partial charge in [-0.3, -0.25) is 19.2 Å². The minimum absolute atomic E-state index is 0.00882. The smallest absolute Gasteiger partial charge is 0.254 e. The van der Waals surface area contributed by atoms with Crippen LogP contribution < -0.4 is 26.3 Å². The Morgan fingerprint density at radius 3 is 2.16 bits per heavy atom. The van der Waals surface area contributed by atoms with Crippen LogP contribution in [-0.4, -0.2) is 67.7 Å². The van der Waals surface area contributed by atoms with Crippen molar-refractivity contribution < 1.29 is 28.7 Å². The minimum Gasteiger partial charge on any atom is -0.492 e. The zero-order valence-electron chi connectivity index (χ0n) is 32.6. The molecule has 4 bridgehead atoms. The van der Waals surface area contributed by atoms with E-state index >= 15 is 0 Å². The van der Waals surface area contributed by atoms with Gasteiger partial charge in [0.2, 0.25) is 5.91 Å². The predicted molar refractivity (Wildman–Crippen MR) is 214 cm³/mol. The fraction of sp³-hybridized carbons (Fsp3) is 0.477. The predicted octanol–water partition coefficient (Wildman–Crippen LogP) is 6.25. The van der Waals surface area contributed by atoms with Gasteiger partial charge < -0.3 is 31.2 Å². The van der Waals surface area contributed by atoms with Crippen molar-refractivity contribution in [1.82, 2.24) is 10.2 Å². The van der Waals surface area contributed by atoms with Crippen molar-refractivity contribution >= 4 is 23.4 Å². The van der Waals surface area contributed by atoms with E-state index in [-0.39, 0.29) is 69.5 Å². The number of unbranched alkanes of at least 4 members (excludes halogenated alkanes) is 5. The zero-order valence-corrected chi connectivity index (χ0v) is 32.6. The van der Waals surface area contributed by atoms with E-state index in [9.17, 15) is 24.4 Å². The first-order valence-corrected chi connectivity index (χ1v) is 19.6. The van der Waals surface area contributed by atoms with Crippen LogP contribution in [0.25, 0.3) is 11.1 Å². The molecule has 0 radical (unpaired) electrons. The van der Waals surface area contributed by atoms with Gasteiger partial charge in [0.15, 0.2) is 11.6 Å². The van der Waals surface area contributed by atoms with E-state index in [0.29, 0.717) is 33.8 Å². The number of benzene rings is 3. The maximum absolute atomic E-state index is 14.4. The van der Waals surface area contributed by atoms with Gasteiger partial charge in [-0.1, -0.05) is 70.2 Å². The van der Waals surface area contributed by atoms with Crippen molar-refractivity contribution in [3.05, 3.63) is 82.9 Å². The lowest BCUT2D eigenvalue weighted by molar-refractivity contribution is -0.133. The lowest BCUT2D eigenvalue weighted by Gasteiger charge is -2.30. The number of carbonyl (C=O) groups excluding carboxylic acids is 4. The monoisotopic (exact) mass is 751 g/mol. The molecule has 0 unspecified atom stereocenters. The van der Waals surface area contributed by atoms with Gasteiger partial charge in [0, 0.05) is 62.0 Å². The molecule has 2 amide bonds. The zero-order chi connectivity index (χ0) is 39.7. The molecule has 3 atom stereocenters. The first kappa shape index (κ1) is 42.7. The molecule has 55 heavy (non-hydrogen) atoms. The Balaban J connectivity index is 1.79. The molecule has 0 aliphatic carbocycles. The maximum atomic E-state index is 14.4. The number of nitrogens with one attached hydrogen (secondary N) is 1. The highest BCUT2D eigenvalue weighted by Crippen LogP contribution is 2.40. The largest absolute Gasteiger partial charge is 0.492 e. The van der Waals surface area contributed by atoms with E-state index in [2.05, 4.69) is 12.2 Å². The summed E-state index contributed by atoms with van der Waals surface area (Å²) in [5, 5.41) is 12.0. The average molecular weight is 752 g/mol. The van der Waals surface area contributed by atoms with Crippen LogP contribution in [0.1, 0.15) is 105 Å². The number of ether oxygens (including phenoxy) is 2. The normalized spacial score (nSPS) is 17.1. The van der Waals surface area contributed by atoms with E-state index in [1.807, 2.05) is 36.4 Å². The van der Waals surface area contributed by atoms with E-state index < -0.39 is 23.9 Å². The van der Waals surface area contributed by atoms with Crippen LogP contribution in [0, 0.1) is 17.2 Å². The molecule has 0 saturated heterocycles. The third-order valence-corrected chi connectivity index (χ3v) is 10.0. The topological polar surface area (TPSA) is 178 Å². The average Bonchev–Trinajstić information content (AvgIpc) is 3.19. The van der Waals surface area contributed by atoms with Crippen molar-refractivity contribution in [3.8, 4) is 28.7 Å². The molecule has 1 aliphatic rings. The lowest BCUT2D eigenvalue weighted by Crippen LogP contribution is -2.45. The molecule has 4 rings (SSSR count). The molecule has 0 aromatic heterocycles. The molecule has 5 N–H and O–H groups in total. The minimum atomic E-state index is -1.07. The summed E-state index contributed by atoms with van der Waals surface area (Å²) in [6.45, 7) is 4.82. The number of carbonyl (C=O) groups is 4. The molecule has 0 saturated carbocycles. The van der Waals surface area contributed by atoms with E-state index in [4.69, 9.17) is 20.9 Å². The van der Waals surface area contributed by atoms with Gasteiger partial charge in [-0.05, 0) is 72.4 Å². The molecule has 0 spiro atoms. The molecule has 294 valence electrons. The van der Waals surface area contributed by atoms with Crippen LogP contribution >= 0.6 is 0 Å². The number of nitrogens with two attached hydrogens (primary N) is 2. The van der Waals surface area contributed by atoms with E-state index in [1.54, 1.807) is 44.3 Å². The number of fused-ring (bicyclic) bond motifs is 5. The highest BCUT2D eigenvalue weighted by molar-refractivity contribution is 5.99. The molecule has 3 aromatic rings. The number of hydrogen-bond donors (Lipinski definition) is 3. The maximum Gasteiger partial charge on any atom is 0.254 e. The second-order valence-electron chi connectivity index (χ2n) is 14.4. The van der Waals surface area contributed by atoms with Gasteiger partial charge in [-0.2, -0.15) is 5.26 Å². The number of nitrogens with zero attached hydrogens (tertiary/aromatic N) is 2. The number of amides is 2. The van der Waals surface area contributed by atoms with Gasteiger partial charge in [-0.25, -0.2) is 0 Å². The summed E-state index contributed by atoms with van der Waals surface area (Å²) in [4.78, 5) is 57.0. The van der Waals surface area contributed by atoms with Crippen LogP contribution in [-0.2, 0) is 27.2 Å². The van der Waals surface area contributed by atoms with Crippen molar-refractivity contribution in [1.29, 1.82) is 5.26 Å². The number of likely N-dealkylation sites (N-methyl/N-ethyl adjacent to an activating group) is 1. The quantitative estimate of drug-likeness (QED) is 0.127. The summed E-state index contributed by atoms with van der Waals surface area (Å²) in [6.07, 6.45) is 8.07. The standard InChI is InChI=1S/C44H57N5O6/c1-4-5-6-7-8-9-11-31-13-16-33(17-14-31)44(53)49(3)42-34-18-20-41(55-25-23-47)36(29-34)35-27-32(15-19-40(35)54-24-22-46)28-37(38(50)12-10-21-45)48-43(52)30(2)26-39(42)51/h13-20,27,29-30,37,42H,4-12,22-26,28,46-47H2,1-3H3,(H,48,52)/t30-,37+,42+/m1/s1. The SMILES string of the molecule is CCCCCCCCc1ccc(C(=O)N(C)[C@@H]2C(=O)C[C@@H](C)C(=O)N[C@H](C(=O)CCC#N)Cc3ccc(OCCN)c(c3)-c3cc2ccc3OCCN)cc1. The van der Waals surface area contributed by atoms with Crippen molar-refractivity contribution in [2.45, 2.75) is 96.6 Å². The van der Waals surface area contributed by atoms with E-state index in [1.165, 1.54) is 37.0 Å². The summed E-state index contributed by atoms with van der Waals surface area (Å²) in [6, 6.07) is 18.4. The summed E-state index contributed by atoms with van der Waals surface area (Å²) in [5.41, 5.74) is 15.7. The van der Waals surface area contributed by atoms with Crippen LogP contribution in [0.5, 0.6) is 11.5 Å². The third kappa shape index (κ3) is 12.0. The van der Waals surface area contributed by atoms with Crippen molar-refractivity contribution in [2.24, 2.45) is 17.4 Å². The molecule has 11 heteroatoms. The van der Waals surface area contributed by atoms with Crippen LogP contribution in [0.3, 0.4) is 0 Å². The molecule has 11 nitrogen and oxygen atoms in total. The first-order valence-electron chi connectivity index (χ1n) is 19.6. The van der Waals surface area contributed by atoms with Crippen molar-refractivity contribution in [3.63, 3.8) is 0 Å². The fourth-order valence-electron chi connectivity index (χ4n) is 6.96. The molecule has 1 heterocycles. The van der Waals surface area contributed by atoms with Gasteiger partial charge in [0.1, 0.15) is 30.8 Å². The van der Waals surface area contributed by atoms with Crippen LogP contribution in [0.15, 0.2) is 60.7 Å². The number of hydrogen-bond acceptors (Lipinski definition) is 9. The summed E-state index contributed by atoms with van der Waals surface area (Å²) in [5.74, 6) is -1.29. The van der Waals surface area contributed by atoms with Crippen molar-refractivity contribution in [2.75, 3.05) is 33.4 Å². The van der Waals surface area contributed by atoms with Crippen LogP contribution in [0.2, 0.25) is 0 Å². The first-order chi connectivity index (χ1) is 26.6. The Bertz CT molecular complexity index is 1800. The molecule has 0 fully saturated rings. The van der Waals surface area contributed by atoms with E-state index in [0.717, 1.165) is 24.0 Å². The van der Waals surface area contributed by atoms with Crippen LogP contribution in [0.4, 0.5) is 0 Å². The Morgan fingerprint density at radius 1 is 0.873 bits per heavy atom. The highest BCUT2D eigenvalue weighted by Gasteiger charge is 2.34.